The molecule has 2 N–H and O–H groups in total. The molecule has 0 aromatic heterocycles. The van der Waals surface area contributed by atoms with Crippen molar-refractivity contribution in [2.75, 3.05) is 0 Å². The van der Waals surface area contributed by atoms with E-state index in [1.807, 2.05) is 0 Å². The Kier molecular flexibility index (Phi) is 5.35. The number of aliphatic hydroxyl groups is 1. The predicted octanol–water partition coefficient (Wildman–Crippen LogP) is 2.57. The maximum Gasteiger partial charge on any atom is 0.241 e. The largest absolute Gasteiger partial charge is 0.392 e. The Morgan fingerprint density at radius 3 is 2.52 bits per heavy atom. The quantitative estimate of drug-likeness (QED) is 0.877. The Bertz CT molecular complexity index is 581. The number of hydrogen-bond acceptors (Lipinski definition) is 3. The fraction of sp³-hybridized carbons (Fsp3) is 0.600. The number of benzene rings is 1. The van der Waals surface area contributed by atoms with Gasteiger partial charge in [0, 0.05) is 6.04 Å². The molecule has 2 rings (SSSR count). The third kappa shape index (κ3) is 4.02. The molecule has 1 aliphatic carbocycles. The van der Waals surface area contributed by atoms with E-state index in [2.05, 4.69) is 11.6 Å². The van der Waals surface area contributed by atoms with Crippen molar-refractivity contribution in [3.63, 3.8) is 0 Å². The van der Waals surface area contributed by atoms with Gasteiger partial charge in [-0.3, -0.25) is 0 Å². The van der Waals surface area contributed by atoms with Crippen molar-refractivity contribution in [3.8, 4) is 0 Å². The molecule has 0 saturated heterocycles. The molecule has 0 amide bonds. The minimum atomic E-state index is -3.80. The third-order valence-electron chi connectivity index (χ3n) is 4.23. The van der Waals surface area contributed by atoms with Crippen molar-refractivity contribution < 1.29 is 17.9 Å². The van der Waals surface area contributed by atoms with Gasteiger partial charge in [-0.15, -0.1) is 0 Å². The van der Waals surface area contributed by atoms with E-state index in [-0.39, 0.29) is 16.5 Å². The lowest BCUT2D eigenvalue weighted by molar-refractivity contribution is 0.278. The van der Waals surface area contributed by atoms with Crippen LogP contribution in [0.15, 0.2) is 23.1 Å². The van der Waals surface area contributed by atoms with Crippen LogP contribution >= 0.6 is 0 Å². The first-order valence-corrected chi connectivity index (χ1v) is 8.86. The predicted molar refractivity (Wildman–Crippen MR) is 78.7 cm³/mol. The van der Waals surface area contributed by atoms with Gasteiger partial charge in [-0.05, 0) is 49.3 Å². The molecule has 4 nitrogen and oxygen atoms in total. The van der Waals surface area contributed by atoms with Gasteiger partial charge in [-0.25, -0.2) is 17.5 Å². The minimum absolute atomic E-state index is 0.104. The number of sulfonamides is 1. The maximum absolute atomic E-state index is 13.3. The molecule has 0 radical (unpaired) electrons. The molecule has 0 aliphatic heterocycles. The van der Waals surface area contributed by atoms with Gasteiger partial charge in [0.25, 0.3) is 0 Å². The zero-order valence-corrected chi connectivity index (χ0v) is 13.0. The fourth-order valence-electron chi connectivity index (χ4n) is 2.88. The molecule has 0 bridgehead atoms. The molecule has 0 heterocycles. The summed E-state index contributed by atoms with van der Waals surface area (Å²) < 4.78 is 40.8. The Morgan fingerprint density at radius 2 is 1.95 bits per heavy atom. The number of aliphatic hydroxyl groups excluding tert-OH is 1. The van der Waals surface area contributed by atoms with E-state index in [0.717, 1.165) is 44.2 Å². The summed E-state index contributed by atoms with van der Waals surface area (Å²) in [6.07, 6.45) is 4.76. The van der Waals surface area contributed by atoms with E-state index >= 15 is 0 Å². The lowest BCUT2D eigenvalue weighted by atomic mass is 9.85. The molecule has 1 aromatic carbocycles. The van der Waals surface area contributed by atoms with Crippen molar-refractivity contribution in [2.45, 2.75) is 56.6 Å². The highest BCUT2D eigenvalue weighted by atomic mass is 32.2. The van der Waals surface area contributed by atoms with Crippen LogP contribution in [0.5, 0.6) is 0 Å². The second kappa shape index (κ2) is 6.85. The molecule has 118 valence electrons. The van der Waals surface area contributed by atoms with Gasteiger partial charge in [-0.1, -0.05) is 19.4 Å². The maximum atomic E-state index is 13.3. The summed E-state index contributed by atoms with van der Waals surface area (Å²) in [5.74, 6) is 0.0511. The number of halogens is 1. The van der Waals surface area contributed by atoms with Crippen molar-refractivity contribution in [1.29, 1.82) is 0 Å². The highest BCUT2D eigenvalue weighted by molar-refractivity contribution is 7.89. The minimum Gasteiger partial charge on any atom is -0.392 e. The molecule has 0 unspecified atom stereocenters. The zero-order valence-electron chi connectivity index (χ0n) is 12.2. The molecule has 21 heavy (non-hydrogen) atoms. The van der Waals surface area contributed by atoms with E-state index in [4.69, 9.17) is 0 Å². The van der Waals surface area contributed by atoms with Crippen molar-refractivity contribution >= 4 is 10.0 Å². The Labute approximate surface area is 125 Å². The van der Waals surface area contributed by atoms with Crippen LogP contribution in [0.1, 0.15) is 44.6 Å². The first kappa shape index (κ1) is 16.4. The molecular weight excluding hydrogens is 293 g/mol. The second-order valence-electron chi connectivity index (χ2n) is 5.66. The highest BCUT2D eigenvalue weighted by Gasteiger charge is 2.26. The van der Waals surface area contributed by atoms with Gasteiger partial charge in [0.1, 0.15) is 5.82 Å². The lowest BCUT2D eigenvalue weighted by Crippen LogP contribution is -2.38. The molecule has 0 spiro atoms. The van der Waals surface area contributed by atoms with Gasteiger partial charge >= 0.3 is 0 Å². The average Bonchev–Trinajstić information content (AvgIpc) is 2.47. The highest BCUT2D eigenvalue weighted by Crippen LogP contribution is 2.28. The zero-order chi connectivity index (χ0) is 15.5. The van der Waals surface area contributed by atoms with Crippen LogP contribution < -0.4 is 4.72 Å². The molecule has 0 atom stereocenters. The van der Waals surface area contributed by atoms with E-state index in [9.17, 15) is 17.9 Å². The van der Waals surface area contributed by atoms with E-state index in [0.29, 0.717) is 5.92 Å². The Morgan fingerprint density at radius 1 is 1.29 bits per heavy atom. The molecular formula is C15H22FNO3S. The van der Waals surface area contributed by atoms with Crippen molar-refractivity contribution in [1.82, 2.24) is 4.72 Å². The van der Waals surface area contributed by atoms with E-state index in [1.54, 1.807) is 0 Å². The monoisotopic (exact) mass is 315 g/mol. The SMILES string of the molecule is CCC1CCC(NS(=O)(=O)c2cc(F)ccc2CO)CC1. The van der Waals surface area contributed by atoms with Crippen LogP contribution in [0.4, 0.5) is 4.39 Å². The number of hydrogen-bond donors (Lipinski definition) is 2. The smallest absolute Gasteiger partial charge is 0.241 e. The summed E-state index contributed by atoms with van der Waals surface area (Å²) in [6, 6.07) is 3.31. The van der Waals surface area contributed by atoms with Crippen LogP contribution in [0.25, 0.3) is 0 Å². The van der Waals surface area contributed by atoms with Crippen LogP contribution in [0, 0.1) is 11.7 Å². The first-order valence-electron chi connectivity index (χ1n) is 7.38. The molecule has 1 aliphatic rings. The van der Waals surface area contributed by atoms with Gasteiger partial charge in [0.15, 0.2) is 0 Å². The summed E-state index contributed by atoms with van der Waals surface area (Å²) in [6.45, 7) is 1.72. The van der Waals surface area contributed by atoms with E-state index in [1.165, 1.54) is 6.07 Å². The molecule has 1 aromatic rings. The number of nitrogens with one attached hydrogen (secondary N) is 1. The second-order valence-corrected chi connectivity index (χ2v) is 7.34. The van der Waals surface area contributed by atoms with Crippen LogP contribution in [0.2, 0.25) is 0 Å². The first-order chi connectivity index (χ1) is 9.96. The van der Waals surface area contributed by atoms with Gasteiger partial charge in [0.05, 0.1) is 11.5 Å². The van der Waals surface area contributed by atoms with Crippen LogP contribution in [-0.4, -0.2) is 19.6 Å². The van der Waals surface area contributed by atoms with Crippen LogP contribution in [0.3, 0.4) is 0 Å². The molecule has 1 fully saturated rings. The van der Waals surface area contributed by atoms with Gasteiger partial charge in [-0.2, -0.15) is 0 Å². The van der Waals surface area contributed by atoms with Crippen molar-refractivity contribution in [3.05, 3.63) is 29.6 Å². The number of rotatable bonds is 5. The summed E-state index contributed by atoms with van der Waals surface area (Å²) in [4.78, 5) is -0.164. The topological polar surface area (TPSA) is 66.4 Å². The fourth-order valence-corrected chi connectivity index (χ4v) is 4.43. The summed E-state index contributed by atoms with van der Waals surface area (Å²) in [7, 11) is -3.80. The lowest BCUT2D eigenvalue weighted by Gasteiger charge is -2.28. The summed E-state index contributed by atoms with van der Waals surface area (Å²) in [5, 5.41) is 9.23. The molecule has 6 heteroatoms. The van der Waals surface area contributed by atoms with Crippen molar-refractivity contribution in [2.24, 2.45) is 5.92 Å². The summed E-state index contributed by atoms with van der Waals surface area (Å²) >= 11 is 0. The van der Waals surface area contributed by atoms with Gasteiger partial charge < -0.3 is 5.11 Å². The van der Waals surface area contributed by atoms with Gasteiger partial charge in [0.2, 0.25) is 10.0 Å². The molecule has 1 saturated carbocycles. The summed E-state index contributed by atoms with van der Waals surface area (Å²) in [5.41, 5.74) is 0.214. The average molecular weight is 315 g/mol. The normalized spacial score (nSPS) is 23.2. The standard InChI is InChI=1S/C15H22FNO3S/c1-2-11-3-7-14(8-4-11)17-21(19,20)15-9-13(16)6-5-12(15)10-18/h5-6,9,11,14,17-18H,2-4,7-8,10H2,1H3. The Hall–Kier alpha value is -0.980. The Balaban J connectivity index is 2.14. The van der Waals surface area contributed by atoms with E-state index < -0.39 is 22.4 Å². The third-order valence-corrected chi connectivity index (χ3v) is 5.84. The van der Waals surface area contributed by atoms with Crippen LogP contribution in [-0.2, 0) is 16.6 Å².